The highest BCUT2D eigenvalue weighted by Gasteiger charge is 2.65. The van der Waals surface area contributed by atoms with Crippen LogP contribution < -0.4 is 0 Å². The number of methoxy groups -OCH3 is 1. The first-order chi connectivity index (χ1) is 12.5. The second-order valence-corrected chi connectivity index (χ2v) is 6.03. The molecule has 0 N–H and O–H groups in total. The summed E-state index contributed by atoms with van der Waals surface area (Å²) in [5.74, 6) is -2.14. The Hall–Kier alpha value is -1.77. The van der Waals surface area contributed by atoms with Crippen LogP contribution in [0.2, 0.25) is 0 Å². The molecule has 0 saturated heterocycles. The van der Waals surface area contributed by atoms with Crippen molar-refractivity contribution in [2.75, 3.05) is 7.11 Å². The van der Waals surface area contributed by atoms with Gasteiger partial charge in [-0.05, 0) is 12.8 Å². The first-order valence-corrected chi connectivity index (χ1v) is 8.45. The fourth-order valence-electron chi connectivity index (χ4n) is 2.65. The Morgan fingerprint density at radius 1 is 1.00 bits per heavy atom. The number of halogens is 6. The van der Waals surface area contributed by atoms with Gasteiger partial charge in [0.2, 0.25) is 0 Å². The van der Waals surface area contributed by atoms with Gasteiger partial charge in [-0.25, -0.2) is 4.79 Å². The second kappa shape index (κ2) is 9.43. The van der Waals surface area contributed by atoms with E-state index >= 15 is 0 Å². The summed E-state index contributed by atoms with van der Waals surface area (Å²) in [6, 6.07) is 5.73. The van der Waals surface area contributed by atoms with Gasteiger partial charge < -0.3 is 9.47 Å². The van der Waals surface area contributed by atoms with Crippen LogP contribution in [0.1, 0.15) is 44.6 Å². The van der Waals surface area contributed by atoms with Crippen LogP contribution in [0, 0.1) is 0 Å². The molecule has 0 aliphatic rings. The minimum Gasteiger partial charge on any atom is -0.450 e. The highest BCUT2D eigenvalue weighted by molar-refractivity contribution is 5.82. The maximum Gasteiger partial charge on any atom is 0.432 e. The molecule has 1 rings (SSSR count). The Morgan fingerprint density at radius 3 is 2.04 bits per heavy atom. The number of ether oxygens (including phenoxy) is 2. The van der Waals surface area contributed by atoms with Gasteiger partial charge in [-0.3, -0.25) is 0 Å². The van der Waals surface area contributed by atoms with Gasteiger partial charge in [0.15, 0.2) is 6.10 Å². The summed E-state index contributed by atoms with van der Waals surface area (Å²) in [7, 11) is 0.603. The molecule has 0 spiro atoms. The zero-order valence-electron chi connectivity index (χ0n) is 15.0. The van der Waals surface area contributed by atoms with Crippen molar-refractivity contribution in [3.8, 4) is 0 Å². The van der Waals surface area contributed by atoms with Crippen molar-refractivity contribution in [1.82, 2.24) is 0 Å². The standard InChI is InChI=1S/C18H22F6O3/c1-3-4-5-9-12-14(17(19,20)21)27-15(25)16(26-2,18(22,23)24)13-10-7-6-8-11-13/h6-8,10-11,14H,3-5,9,12H2,1-2H3/t14-,16+/m1/s1. The molecule has 3 nitrogen and oxygen atoms in total. The van der Waals surface area contributed by atoms with Crippen molar-refractivity contribution < 1.29 is 40.6 Å². The second-order valence-electron chi connectivity index (χ2n) is 6.03. The molecule has 0 radical (unpaired) electrons. The van der Waals surface area contributed by atoms with E-state index in [0.717, 1.165) is 18.6 Å². The fourth-order valence-corrected chi connectivity index (χ4v) is 2.65. The third kappa shape index (κ3) is 5.60. The van der Waals surface area contributed by atoms with Crippen LogP contribution in [0.15, 0.2) is 30.3 Å². The molecular weight excluding hydrogens is 378 g/mol. The van der Waals surface area contributed by atoms with E-state index in [9.17, 15) is 31.1 Å². The van der Waals surface area contributed by atoms with Crippen LogP contribution in [-0.4, -0.2) is 31.5 Å². The van der Waals surface area contributed by atoms with Crippen LogP contribution in [0.5, 0.6) is 0 Å². The van der Waals surface area contributed by atoms with E-state index in [0.29, 0.717) is 20.0 Å². The molecule has 0 bridgehead atoms. The van der Waals surface area contributed by atoms with Gasteiger partial charge >= 0.3 is 18.3 Å². The molecule has 0 aliphatic carbocycles. The average molecular weight is 400 g/mol. The van der Waals surface area contributed by atoms with E-state index < -0.39 is 42.0 Å². The smallest absolute Gasteiger partial charge is 0.432 e. The van der Waals surface area contributed by atoms with Crippen molar-refractivity contribution in [1.29, 1.82) is 0 Å². The monoisotopic (exact) mass is 400 g/mol. The maximum absolute atomic E-state index is 13.7. The molecule has 1 aromatic carbocycles. The topological polar surface area (TPSA) is 35.5 Å². The molecule has 1 aromatic rings. The number of hydrogen-bond donors (Lipinski definition) is 0. The van der Waals surface area contributed by atoms with Crippen LogP contribution in [-0.2, 0) is 19.9 Å². The number of unbranched alkanes of at least 4 members (excludes halogenated alkanes) is 3. The highest BCUT2D eigenvalue weighted by Crippen LogP contribution is 2.44. The SMILES string of the molecule is CCCCCC[C@@H](OC(=O)[C@@](OC)(c1ccccc1)C(F)(F)F)C(F)(F)F. The number of rotatable bonds is 9. The highest BCUT2D eigenvalue weighted by atomic mass is 19.4. The Bertz CT molecular complexity index is 585. The predicted molar refractivity (Wildman–Crippen MR) is 85.9 cm³/mol. The minimum absolute atomic E-state index is 0.0721. The predicted octanol–water partition coefficient (Wildman–Crippen LogP) is 5.54. The molecule has 0 fully saturated rings. The van der Waals surface area contributed by atoms with Gasteiger partial charge in [0, 0.05) is 12.7 Å². The molecule has 0 amide bonds. The number of esters is 1. The van der Waals surface area contributed by atoms with E-state index in [1.165, 1.54) is 18.2 Å². The van der Waals surface area contributed by atoms with Gasteiger partial charge in [-0.15, -0.1) is 0 Å². The first kappa shape index (κ1) is 23.3. The fraction of sp³-hybridized carbons (Fsp3) is 0.611. The molecule has 154 valence electrons. The Labute approximate surface area is 153 Å². The van der Waals surface area contributed by atoms with Crippen molar-refractivity contribution in [3.05, 3.63) is 35.9 Å². The van der Waals surface area contributed by atoms with Crippen LogP contribution in [0.3, 0.4) is 0 Å². The van der Waals surface area contributed by atoms with E-state index in [1.807, 2.05) is 6.92 Å². The Morgan fingerprint density at radius 2 is 1.59 bits per heavy atom. The quantitative estimate of drug-likeness (QED) is 0.310. The van der Waals surface area contributed by atoms with Crippen LogP contribution in [0.4, 0.5) is 26.3 Å². The van der Waals surface area contributed by atoms with E-state index in [4.69, 9.17) is 0 Å². The number of alkyl halides is 6. The molecule has 0 saturated carbocycles. The van der Waals surface area contributed by atoms with Crippen LogP contribution in [0.25, 0.3) is 0 Å². The molecule has 27 heavy (non-hydrogen) atoms. The van der Waals surface area contributed by atoms with E-state index in [-0.39, 0.29) is 6.42 Å². The van der Waals surface area contributed by atoms with Crippen LogP contribution >= 0.6 is 0 Å². The van der Waals surface area contributed by atoms with Gasteiger partial charge in [0.1, 0.15) is 0 Å². The lowest BCUT2D eigenvalue weighted by Crippen LogP contribution is -2.53. The lowest BCUT2D eigenvalue weighted by molar-refractivity contribution is -0.288. The van der Waals surface area contributed by atoms with Gasteiger partial charge in [0.25, 0.3) is 5.60 Å². The van der Waals surface area contributed by atoms with Crippen molar-refractivity contribution in [2.45, 2.75) is 63.1 Å². The molecule has 0 aliphatic heterocycles. The Balaban J connectivity index is 3.17. The summed E-state index contributed by atoms with van der Waals surface area (Å²) in [5.41, 5.74) is -4.29. The third-order valence-corrected chi connectivity index (χ3v) is 4.11. The normalized spacial score (nSPS) is 15.9. The van der Waals surface area contributed by atoms with Gasteiger partial charge in [0.05, 0.1) is 0 Å². The van der Waals surface area contributed by atoms with Crippen molar-refractivity contribution in [2.24, 2.45) is 0 Å². The summed E-state index contributed by atoms with van der Waals surface area (Å²) >= 11 is 0. The first-order valence-electron chi connectivity index (χ1n) is 8.45. The summed E-state index contributed by atoms with van der Waals surface area (Å²) in [6.07, 6.45) is -11.6. The van der Waals surface area contributed by atoms with Gasteiger partial charge in [-0.2, -0.15) is 26.3 Å². The summed E-state index contributed by atoms with van der Waals surface area (Å²) in [6.45, 7) is 1.86. The number of benzene rings is 1. The zero-order valence-corrected chi connectivity index (χ0v) is 15.0. The molecule has 9 heteroatoms. The summed E-state index contributed by atoms with van der Waals surface area (Å²) in [4.78, 5) is 12.3. The van der Waals surface area contributed by atoms with Gasteiger partial charge in [-0.1, -0.05) is 56.5 Å². The molecular formula is C18H22F6O3. The molecule has 0 unspecified atom stereocenters. The largest absolute Gasteiger partial charge is 0.450 e. The zero-order chi connectivity index (χ0) is 20.7. The number of carbonyl (C=O) groups is 1. The van der Waals surface area contributed by atoms with Crippen molar-refractivity contribution in [3.63, 3.8) is 0 Å². The van der Waals surface area contributed by atoms with E-state index in [1.54, 1.807) is 0 Å². The summed E-state index contributed by atoms with van der Waals surface area (Å²) < 4.78 is 89.4. The average Bonchev–Trinajstić information content (AvgIpc) is 2.57. The number of hydrogen-bond acceptors (Lipinski definition) is 3. The molecule has 2 atom stereocenters. The molecule has 0 aromatic heterocycles. The van der Waals surface area contributed by atoms with E-state index in [2.05, 4.69) is 9.47 Å². The number of carbonyl (C=O) groups excluding carboxylic acids is 1. The molecule has 0 heterocycles. The lowest BCUT2D eigenvalue weighted by atomic mass is 9.92. The van der Waals surface area contributed by atoms with Crippen molar-refractivity contribution >= 4 is 5.97 Å². The lowest BCUT2D eigenvalue weighted by Gasteiger charge is -2.34. The Kier molecular flexibility index (Phi) is 8.13. The minimum atomic E-state index is -5.32. The third-order valence-electron chi connectivity index (χ3n) is 4.11. The summed E-state index contributed by atoms with van der Waals surface area (Å²) in [5, 5.41) is 0. The maximum atomic E-state index is 13.7.